The summed E-state index contributed by atoms with van der Waals surface area (Å²) < 4.78 is 0. The van der Waals surface area contributed by atoms with Crippen molar-refractivity contribution in [3.8, 4) is 0 Å². The molecule has 1 atom stereocenters. The van der Waals surface area contributed by atoms with E-state index in [1.165, 1.54) is 83.5 Å². The molecule has 4 N–H and O–H groups in total. The van der Waals surface area contributed by atoms with Crippen molar-refractivity contribution < 1.29 is 19.8 Å². The van der Waals surface area contributed by atoms with Gasteiger partial charge in [-0.3, -0.25) is 9.59 Å². The highest BCUT2D eigenvalue weighted by atomic mass is 16.4. The second-order valence-electron chi connectivity index (χ2n) is 8.41. The smallest absolute Gasteiger partial charge is 0.320 e. The molecule has 0 bridgehead atoms. The van der Waals surface area contributed by atoms with Gasteiger partial charge in [0.2, 0.25) is 5.91 Å². The zero-order chi connectivity index (χ0) is 22.3. The number of rotatable bonds is 23. The minimum atomic E-state index is -0.958. The SMILES string of the molecule is CCCCCCCCCCCCCCCCCC(=O)NCCC(NCCO)C(=O)O. The molecular formula is C24H48N2O4. The van der Waals surface area contributed by atoms with Crippen LogP contribution in [0.5, 0.6) is 0 Å². The lowest BCUT2D eigenvalue weighted by Crippen LogP contribution is -2.41. The van der Waals surface area contributed by atoms with Gasteiger partial charge in [-0.25, -0.2) is 0 Å². The van der Waals surface area contributed by atoms with Crippen molar-refractivity contribution >= 4 is 11.9 Å². The fourth-order valence-corrected chi connectivity index (χ4v) is 3.65. The Morgan fingerprint density at radius 1 is 0.733 bits per heavy atom. The normalized spacial score (nSPS) is 12.1. The number of aliphatic carboxylic acids is 1. The van der Waals surface area contributed by atoms with Gasteiger partial charge in [0, 0.05) is 19.5 Å². The first-order chi connectivity index (χ1) is 14.6. The molecule has 0 aromatic heterocycles. The molecule has 0 aliphatic heterocycles. The lowest BCUT2D eigenvalue weighted by Gasteiger charge is -2.14. The Morgan fingerprint density at radius 3 is 1.63 bits per heavy atom. The minimum Gasteiger partial charge on any atom is -0.480 e. The van der Waals surface area contributed by atoms with Crippen molar-refractivity contribution in [1.82, 2.24) is 10.6 Å². The van der Waals surface area contributed by atoms with Crippen LogP contribution in [0.1, 0.15) is 116 Å². The van der Waals surface area contributed by atoms with Crippen LogP contribution >= 0.6 is 0 Å². The highest BCUT2D eigenvalue weighted by Gasteiger charge is 2.16. The highest BCUT2D eigenvalue weighted by molar-refractivity contribution is 5.76. The maximum atomic E-state index is 11.8. The van der Waals surface area contributed by atoms with Gasteiger partial charge in [0.1, 0.15) is 6.04 Å². The van der Waals surface area contributed by atoms with Crippen LogP contribution in [0.15, 0.2) is 0 Å². The molecule has 0 saturated carbocycles. The first kappa shape index (κ1) is 28.9. The Balaban J connectivity index is 3.36. The predicted molar refractivity (Wildman–Crippen MR) is 124 cm³/mol. The number of carbonyl (C=O) groups is 2. The summed E-state index contributed by atoms with van der Waals surface area (Å²) in [5.41, 5.74) is 0. The first-order valence-corrected chi connectivity index (χ1v) is 12.5. The van der Waals surface area contributed by atoms with E-state index in [9.17, 15) is 9.59 Å². The van der Waals surface area contributed by atoms with Gasteiger partial charge in [0.25, 0.3) is 0 Å². The van der Waals surface area contributed by atoms with Gasteiger partial charge in [-0.05, 0) is 12.8 Å². The average molecular weight is 429 g/mol. The maximum absolute atomic E-state index is 11.8. The van der Waals surface area contributed by atoms with E-state index in [-0.39, 0.29) is 19.1 Å². The number of aliphatic hydroxyl groups excluding tert-OH is 1. The van der Waals surface area contributed by atoms with E-state index in [0.717, 1.165) is 12.8 Å². The Bertz CT molecular complexity index is 405. The third-order valence-corrected chi connectivity index (χ3v) is 5.56. The highest BCUT2D eigenvalue weighted by Crippen LogP contribution is 2.13. The molecule has 30 heavy (non-hydrogen) atoms. The molecule has 0 fully saturated rings. The molecule has 6 heteroatoms. The number of unbranched alkanes of at least 4 members (excludes halogenated alkanes) is 14. The summed E-state index contributed by atoms with van der Waals surface area (Å²) in [5.74, 6) is -0.962. The number of hydrogen-bond acceptors (Lipinski definition) is 4. The van der Waals surface area contributed by atoms with E-state index in [2.05, 4.69) is 17.6 Å². The molecule has 0 aromatic rings. The van der Waals surface area contributed by atoms with Gasteiger partial charge in [0.15, 0.2) is 0 Å². The molecular weight excluding hydrogens is 380 g/mol. The third-order valence-electron chi connectivity index (χ3n) is 5.56. The molecule has 1 amide bonds. The summed E-state index contributed by atoms with van der Waals surface area (Å²) >= 11 is 0. The van der Waals surface area contributed by atoms with Crippen molar-refractivity contribution in [2.24, 2.45) is 0 Å². The number of amides is 1. The van der Waals surface area contributed by atoms with Crippen molar-refractivity contribution in [2.75, 3.05) is 19.7 Å². The number of nitrogens with one attached hydrogen (secondary N) is 2. The van der Waals surface area contributed by atoms with Crippen LogP contribution in [0.4, 0.5) is 0 Å². The van der Waals surface area contributed by atoms with Crippen LogP contribution in [0.2, 0.25) is 0 Å². The predicted octanol–water partition coefficient (Wildman–Crippen LogP) is 4.79. The van der Waals surface area contributed by atoms with Gasteiger partial charge in [-0.1, -0.05) is 96.8 Å². The van der Waals surface area contributed by atoms with Gasteiger partial charge >= 0.3 is 5.97 Å². The summed E-state index contributed by atoms with van der Waals surface area (Å²) in [6, 6.07) is -0.733. The van der Waals surface area contributed by atoms with Crippen LogP contribution in [0, 0.1) is 0 Å². The molecule has 0 rings (SSSR count). The van der Waals surface area contributed by atoms with Gasteiger partial charge in [-0.15, -0.1) is 0 Å². The summed E-state index contributed by atoms with van der Waals surface area (Å²) in [5, 5.41) is 23.3. The monoisotopic (exact) mass is 428 g/mol. The van der Waals surface area contributed by atoms with Crippen LogP contribution in [0.3, 0.4) is 0 Å². The zero-order valence-corrected chi connectivity index (χ0v) is 19.4. The Hall–Kier alpha value is -1.14. The standard InChI is InChI=1S/C24H48N2O4/c1-2-3-4-5-6-7-8-9-10-11-12-13-14-15-16-17-23(28)26-19-18-22(24(29)30)25-20-21-27/h22,25,27H,2-21H2,1H3,(H,26,28)(H,29,30). The van der Waals surface area contributed by atoms with Crippen molar-refractivity contribution in [3.63, 3.8) is 0 Å². The molecule has 6 nitrogen and oxygen atoms in total. The van der Waals surface area contributed by atoms with Gasteiger partial charge < -0.3 is 20.8 Å². The molecule has 0 saturated heterocycles. The fourth-order valence-electron chi connectivity index (χ4n) is 3.65. The van der Waals surface area contributed by atoms with Crippen LogP contribution in [0.25, 0.3) is 0 Å². The van der Waals surface area contributed by atoms with Crippen molar-refractivity contribution in [1.29, 1.82) is 0 Å². The second kappa shape index (κ2) is 22.5. The van der Waals surface area contributed by atoms with E-state index in [0.29, 0.717) is 19.4 Å². The Morgan fingerprint density at radius 2 is 1.20 bits per heavy atom. The number of carboxylic acid groups (broad SMARTS) is 1. The molecule has 178 valence electrons. The minimum absolute atomic E-state index is 0.00371. The molecule has 1 unspecified atom stereocenters. The topological polar surface area (TPSA) is 98.7 Å². The largest absolute Gasteiger partial charge is 0.480 e. The number of aliphatic hydroxyl groups is 1. The van der Waals surface area contributed by atoms with E-state index < -0.39 is 12.0 Å². The van der Waals surface area contributed by atoms with Crippen LogP contribution in [-0.2, 0) is 9.59 Å². The summed E-state index contributed by atoms with van der Waals surface area (Å²) in [6.07, 6.45) is 20.4. The van der Waals surface area contributed by atoms with Gasteiger partial charge in [0.05, 0.1) is 6.61 Å². The van der Waals surface area contributed by atoms with E-state index in [1.807, 2.05) is 0 Å². The zero-order valence-electron chi connectivity index (χ0n) is 19.4. The van der Waals surface area contributed by atoms with Gasteiger partial charge in [-0.2, -0.15) is 0 Å². The molecule has 0 heterocycles. The van der Waals surface area contributed by atoms with E-state index in [1.54, 1.807) is 0 Å². The van der Waals surface area contributed by atoms with E-state index in [4.69, 9.17) is 10.2 Å². The summed E-state index contributed by atoms with van der Waals surface area (Å²) in [4.78, 5) is 22.9. The molecule has 0 aliphatic rings. The average Bonchev–Trinajstić information content (AvgIpc) is 2.73. The third kappa shape index (κ3) is 20.1. The number of hydrogen-bond donors (Lipinski definition) is 4. The molecule has 0 spiro atoms. The molecule has 0 radical (unpaired) electrons. The first-order valence-electron chi connectivity index (χ1n) is 12.5. The van der Waals surface area contributed by atoms with Crippen molar-refractivity contribution in [2.45, 2.75) is 122 Å². The van der Waals surface area contributed by atoms with Crippen LogP contribution < -0.4 is 10.6 Å². The maximum Gasteiger partial charge on any atom is 0.320 e. The lowest BCUT2D eigenvalue weighted by atomic mass is 10.0. The number of carbonyl (C=O) groups excluding carboxylic acids is 1. The Kier molecular flexibility index (Phi) is 21.7. The molecule has 0 aliphatic carbocycles. The van der Waals surface area contributed by atoms with Crippen LogP contribution in [-0.4, -0.2) is 47.8 Å². The number of carboxylic acids is 1. The van der Waals surface area contributed by atoms with Crippen molar-refractivity contribution in [3.05, 3.63) is 0 Å². The Labute approximate surface area is 184 Å². The second-order valence-corrected chi connectivity index (χ2v) is 8.41. The fraction of sp³-hybridized carbons (Fsp3) is 0.917. The summed E-state index contributed by atoms with van der Waals surface area (Å²) in [7, 11) is 0. The summed E-state index contributed by atoms with van der Waals surface area (Å²) in [6.45, 7) is 2.74. The van der Waals surface area contributed by atoms with E-state index >= 15 is 0 Å². The molecule has 0 aromatic carbocycles. The quantitative estimate of drug-likeness (QED) is 0.175. The lowest BCUT2D eigenvalue weighted by molar-refractivity contribution is -0.139.